The molecule has 1 aliphatic carbocycles. The van der Waals surface area contributed by atoms with Crippen LogP contribution in [0.4, 0.5) is 0 Å². The lowest BCUT2D eigenvalue weighted by Gasteiger charge is -2.37. The second kappa shape index (κ2) is 5.62. The van der Waals surface area contributed by atoms with Crippen LogP contribution in [0, 0.1) is 5.92 Å². The number of likely N-dealkylation sites (tertiary alicyclic amines) is 1. The zero-order chi connectivity index (χ0) is 15.9. The van der Waals surface area contributed by atoms with Crippen molar-refractivity contribution < 1.29 is 17.7 Å². The molecule has 122 valence electrons. The van der Waals surface area contributed by atoms with Gasteiger partial charge in [0.1, 0.15) is 0 Å². The van der Waals surface area contributed by atoms with E-state index in [0.29, 0.717) is 37.8 Å². The molecule has 2 fully saturated rings. The molecule has 3 rings (SSSR count). The highest BCUT2D eigenvalue weighted by Gasteiger charge is 2.41. The minimum Gasteiger partial charge on any atom is -0.341 e. The van der Waals surface area contributed by atoms with Crippen LogP contribution < -0.4 is 0 Å². The Labute approximate surface area is 129 Å². The lowest BCUT2D eigenvalue weighted by atomic mass is 9.99. The molecule has 0 radical (unpaired) electrons. The standard InChI is InChI=1S/C13H20N4O4S/c1-16(22(2,19)20)6-5-11-14-12(21-15-11)10-7-17(8-10)13(18)9-3-4-9/h9-10H,3-8H2,1-2H3. The molecular formula is C13H20N4O4S. The van der Waals surface area contributed by atoms with Gasteiger partial charge in [-0.25, -0.2) is 12.7 Å². The van der Waals surface area contributed by atoms with Crippen molar-refractivity contribution in [2.45, 2.75) is 25.2 Å². The monoisotopic (exact) mass is 328 g/mol. The molecule has 1 amide bonds. The van der Waals surface area contributed by atoms with E-state index in [0.717, 1.165) is 19.1 Å². The number of rotatable bonds is 6. The van der Waals surface area contributed by atoms with Crippen LogP contribution in [0.1, 0.15) is 30.5 Å². The summed E-state index contributed by atoms with van der Waals surface area (Å²) in [4.78, 5) is 18.0. The minimum absolute atomic E-state index is 0.108. The molecule has 0 bridgehead atoms. The quantitative estimate of drug-likeness (QED) is 0.720. The molecule has 0 atom stereocenters. The maximum Gasteiger partial charge on any atom is 0.233 e. The van der Waals surface area contributed by atoms with E-state index in [4.69, 9.17) is 4.52 Å². The molecule has 1 saturated heterocycles. The second-order valence-electron chi connectivity index (χ2n) is 6.10. The summed E-state index contributed by atoms with van der Waals surface area (Å²) < 4.78 is 29.1. The van der Waals surface area contributed by atoms with Crippen LogP contribution in [0.3, 0.4) is 0 Å². The predicted octanol–water partition coefficient (Wildman–Crippen LogP) is -0.161. The molecule has 1 aromatic rings. The molecule has 2 aliphatic rings. The van der Waals surface area contributed by atoms with E-state index in [1.165, 1.54) is 11.4 Å². The second-order valence-corrected chi connectivity index (χ2v) is 8.19. The summed E-state index contributed by atoms with van der Waals surface area (Å²) in [6.45, 7) is 1.59. The van der Waals surface area contributed by atoms with Gasteiger partial charge >= 0.3 is 0 Å². The molecule has 0 spiro atoms. The first-order valence-electron chi connectivity index (χ1n) is 7.37. The highest BCUT2D eigenvalue weighted by atomic mass is 32.2. The fourth-order valence-electron chi connectivity index (χ4n) is 2.36. The normalized spacial score (nSPS) is 19.5. The van der Waals surface area contributed by atoms with Crippen LogP contribution in [-0.4, -0.2) is 66.6 Å². The average molecular weight is 328 g/mol. The van der Waals surface area contributed by atoms with Crippen LogP contribution in [0.5, 0.6) is 0 Å². The summed E-state index contributed by atoms with van der Waals surface area (Å²) in [5, 5.41) is 3.88. The number of amides is 1. The molecule has 1 aliphatic heterocycles. The third-order valence-electron chi connectivity index (χ3n) is 4.17. The Morgan fingerprint density at radius 2 is 2.09 bits per heavy atom. The summed E-state index contributed by atoms with van der Waals surface area (Å²) in [7, 11) is -1.67. The number of carbonyl (C=O) groups is 1. The zero-order valence-corrected chi connectivity index (χ0v) is 13.5. The maximum absolute atomic E-state index is 11.8. The van der Waals surface area contributed by atoms with E-state index in [9.17, 15) is 13.2 Å². The fourth-order valence-corrected chi connectivity index (χ4v) is 2.78. The Bertz CT molecular complexity index is 661. The minimum atomic E-state index is -3.19. The molecule has 9 heteroatoms. The summed E-state index contributed by atoms with van der Waals surface area (Å²) in [6, 6.07) is 0. The Morgan fingerprint density at radius 1 is 1.41 bits per heavy atom. The molecule has 1 aromatic heterocycles. The Kier molecular flexibility index (Phi) is 3.94. The summed E-state index contributed by atoms with van der Waals surface area (Å²) in [6.07, 6.45) is 3.59. The predicted molar refractivity (Wildman–Crippen MR) is 77.5 cm³/mol. The number of hydrogen-bond donors (Lipinski definition) is 0. The molecule has 0 unspecified atom stereocenters. The van der Waals surface area contributed by atoms with Gasteiger partial charge in [-0.1, -0.05) is 5.16 Å². The van der Waals surface area contributed by atoms with Crippen molar-refractivity contribution >= 4 is 15.9 Å². The molecule has 8 nitrogen and oxygen atoms in total. The van der Waals surface area contributed by atoms with Crippen LogP contribution in [-0.2, 0) is 21.2 Å². The van der Waals surface area contributed by atoms with Crippen LogP contribution in [0.15, 0.2) is 4.52 Å². The smallest absolute Gasteiger partial charge is 0.233 e. The maximum atomic E-state index is 11.8. The number of likely N-dealkylation sites (N-methyl/N-ethyl adjacent to an activating group) is 1. The highest BCUT2D eigenvalue weighted by Crippen LogP contribution is 2.35. The molecule has 2 heterocycles. The fraction of sp³-hybridized carbons (Fsp3) is 0.769. The van der Waals surface area contributed by atoms with Gasteiger partial charge in [0.25, 0.3) is 0 Å². The lowest BCUT2D eigenvalue weighted by Crippen LogP contribution is -2.49. The Morgan fingerprint density at radius 3 is 2.68 bits per heavy atom. The third-order valence-corrected chi connectivity index (χ3v) is 5.48. The van der Waals surface area contributed by atoms with Crippen molar-refractivity contribution in [1.29, 1.82) is 0 Å². The first-order valence-corrected chi connectivity index (χ1v) is 9.22. The Hall–Kier alpha value is -1.48. The molecular weight excluding hydrogens is 308 g/mol. The van der Waals surface area contributed by atoms with Gasteiger partial charge in [0, 0.05) is 39.0 Å². The number of aromatic nitrogens is 2. The molecule has 22 heavy (non-hydrogen) atoms. The number of nitrogens with zero attached hydrogens (tertiary/aromatic N) is 4. The average Bonchev–Trinajstić information content (AvgIpc) is 3.14. The lowest BCUT2D eigenvalue weighted by molar-refractivity contribution is -0.137. The molecule has 1 saturated carbocycles. The van der Waals surface area contributed by atoms with Crippen molar-refractivity contribution in [3.63, 3.8) is 0 Å². The first kappa shape index (κ1) is 15.4. The van der Waals surface area contributed by atoms with Gasteiger partial charge in [-0.3, -0.25) is 4.79 Å². The van der Waals surface area contributed by atoms with E-state index in [1.54, 1.807) is 0 Å². The van der Waals surface area contributed by atoms with E-state index in [-0.39, 0.29) is 17.7 Å². The zero-order valence-electron chi connectivity index (χ0n) is 12.7. The van der Waals surface area contributed by atoms with Gasteiger partial charge in [0.15, 0.2) is 5.82 Å². The topological polar surface area (TPSA) is 96.6 Å². The van der Waals surface area contributed by atoms with Gasteiger partial charge in [0.05, 0.1) is 12.2 Å². The van der Waals surface area contributed by atoms with Gasteiger partial charge in [0.2, 0.25) is 21.8 Å². The van der Waals surface area contributed by atoms with E-state index >= 15 is 0 Å². The molecule has 0 aromatic carbocycles. The highest BCUT2D eigenvalue weighted by molar-refractivity contribution is 7.88. The summed E-state index contributed by atoms with van der Waals surface area (Å²) >= 11 is 0. The number of hydrogen-bond acceptors (Lipinski definition) is 6. The number of sulfonamides is 1. The summed E-state index contributed by atoms with van der Waals surface area (Å²) in [5.74, 6) is 1.63. The third kappa shape index (κ3) is 3.30. The number of carbonyl (C=O) groups excluding carboxylic acids is 1. The van der Waals surface area contributed by atoms with Crippen LogP contribution >= 0.6 is 0 Å². The van der Waals surface area contributed by atoms with Crippen molar-refractivity contribution in [1.82, 2.24) is 19.3 Å². The Balaban J connectivity index is 1.49. The largest absolute Gasteiger partial charge is 0.341 e. The van der Waals surface area contributed by atoms with Gasteiger partial charge in [-0.2, -0.15) is 4.98 Å². The van der Waals surface area contributed by atoms with Gasteiger partial charge in [-0.15, -0.1) is 0 Å². The van der Waals surface area contributed by atoms with Crippen LogP contribution in [0.25, 0.3) is 0 Å². The van der Waals surface area contributed by atoms with E-state index < -0.39 is 10.0 Å². The van der Waals surface area contributed by atoms with Crippen molar-refractivity contribution in [3.8, 4) is 0 Å². The molecule has 0 N–H and O–H groups in total. The van der Waals surface area contributed by atoms with Gasteiger partial charge < -0.3 is 9.42 Å². The summed E-state index contributed by atoms with van der Waals surface area (Å²) in [5.41, 5.74) is 0. The van der Waals surface area contributed by atoms with Gasteiger partial charge in [-0.05, 0) is 12.8 Å². The van der Waals surface area contributed by atoms with E-state index in [1.807, 2.05) is 4.90 Å². The van der Waals surface area contributed by atoms with Crippen molar-refractivity contribution in [2.24, 2.45) is 5.92 Å². The van der Waals surface area contributed by atoms with E-state index in [2.05, 4.69) is 10.1 Å². The van der Waals surface area contributed by atoms with Crippen molar-refractivity contribution in [3.05, 3.63) is 11.7 Å². The first-order chi connectivity index (χ1) is 10.3. The SMILES string of the molecule is CN(CCc1noc(C2CN(C(=O)C3CC3)C2)n1)S(C)(=O)=O. The van der Waals surface area contributed by atoms with Crippen LogP contribution in [0.2, 0.25) is 0 Å². The van der Waals surface area contributed by atoms with Crippen molar-refractivity contribution in [2.75, 3.05) is 32.9 Å².